The van der Waals surface area contributed by atoms with Gasteiger partial charge in [-0.1, -0.05) is 0 Å². The predicted molar refractivity (Wildman–Crippen MR) is 89.8 cm³/mol. The van der Waals surface area contributed by atoms with Crippen molar-refractivity contribution in [1.82, 2.24) is 14.5 Å². The van der Waals surface area contributed by atoms with Gasteiger partial charge in [-0.15, -0.1) is 0 Å². The molecule has 4 rings (SSSR count). The predicted octanol–water partition coefficient (Wildman–Crippen LogP) is 1.67. The van der Waals surface area contributed by atoms with Crippen molar-refractivity contribution in [1.29, 1.82) is 0 Å². The molecule has 0 bridgehead atoms. The van der Waals surface area contributed by atoms with E-state index in [0.717, 1.165) is 56.6 Å². The number of aliphatic hydroxyl groups is 1. The summed E-state index contributed by atoms with van der Waals surface area (Å²) in [5, 5.41) is 9.09. The Balaban J connectivity index is 1.56. The number of carbonyl (C=O) groups excluding carboxylic acids is 1. The second-order valence-electron chi connectivity index (χ2n) is 7.00. The summed E-state index contributed by atoms with van der Waals surface area (Å²) in [5.41, 5.74) is 2.60. The van der Waals surface area contributed by atoms with Crippen LogP contribution in [0.1, 0.15) is 29.6 Å². The number of aliphatic hydroxyl groups excluding tert-OH is 1. The Morgan fingerprint density at radius 3 is 3.08 bits per heavy atom. The van der Waals surface area contributed by atoms with E-state index >= 15 is 0 Å². The minimum Gasteiger partial charge on any atom is -0.395 e. The van der Waals surface area contributed by atoms with Gasteiger partial charge in [-0.25, -0.2) is 4.98 Å². The molecule has 1 aromatic heterocycles. The summed E-state index contributed by atoms with van der Waals surface area (Å²) < 4.78 is 7.48. The van der Waals surface area contributed by atoms with Gasteiger partial charge in [0.2, 0.25) is 0 Å². The molecule has 2 fully saturated rings. The van der Waals surface area contributed by atoms with Crippen LogP contribution in [0.15, 0.2) is 24.5 Å². The fourth-order valence-corrected chi connectivity index (χ4v) is 4.02. The second-order valence-corrected chi connectivity index (χ2v) is 7.00. The number of piperidine rings is 1. The number of nitrogens with zero attached hydrogens (tertiary/aromatic N) is 3. The molecule has 0 aliphatic carbocycles. The molecule has 6 heteroatoms. The van der Waals surface area contributed by atoms with Crippen LogP contribution in [0.2, 0.25) is 0 Å². The molecule has 128 valence electrons. The van der Waals surface area contributed by atoms with Gasteiger partial charge in [-0.2, -0.15) is 0 Å². The van der Waals surface area contributed by atoms with Crippen LogP contribution in [0.4, 0.5) is 0 Å². The molecule has 2 saturated heterocycles. The molecule has 1 N–H and O–H groups in total. The van der Waals surface area contributed by atoms with Crippen molar-refractivity contribution in [2.75, 3.05) is 32.9 Å². The van der Waals surface area contributed by atoms with Crippen LogP contribution < -0.4 is 0 Å². The lowest BCUT2D eigenvalue weighted by molar-refractivity contribution is 0.0463. The standard InChI is InChI=1S/C18H23N3O3/c22-8-7-21-13-19-15-10-14(2-3-16(15)21)17(23)20-6-1-4-18(11-20)5-9-24-12-18/h2-3,10,13,22H,1,4-9,11-12H2. The van der Waals surface area contributed by atoms with E-state index in [4.69, 9.17) is 9.84 Å². The lowest BCUT2D eigenvalue weighted by Crippen LogP contribution is -2.46. The normalized spacial score (nSPS) is 24.1. The Morgan fingerprint density at radius 2 is 2.29 bits per heavy atom. The van der Waals surface area contributed by atoms with E-state index < -0.39 is 0 Å². The zero-order valence-corrected chi connectivity index (χ0v) is 13.8. The highest BCUT2D eigenvalue weighted by Gasteiger charge is 2.40. The maximum atomic E-state index is 12.9. The first-order chi connectivity index (χ1) is 11.7. The molecule has 2 aliphatic heterocycles. The average molecular weight is 329 g/mol. The molecule has 2 aromatic rings. The molecule has 2 aliphatic rings. The fourth-order valence-electron chi connectivity index (χ4n) is 4.02. The molecule has 1 spiro atoms. The van der Waals surface area contributed by atoms with Gasteiger partial charge in [-0.05, 0) is 37.5 Å². The summed E-state index contributed by atoms with van der Waals surface area (Å²) >= 11 is 0. The SMILES string of the molecule is O=C(c1ccc2c(c1)ncn2CCO)N1CCCC2(CCOC2)C1. The number of fused-ring (bicyclic) bond motifs is 1. The van der Waals surface area contributed by atoms with Gasteiger partial charge < -0.3 is 19.3 Å². The Hall–Kier alpha value is -1.92. The van der Waals surface area contributed by atoms with E-state index in [1.807, 2.05) is 27.7 Å². The first-order valence-electron chi connectivity index (χ1n) is 8.64. The summed E-state index contributed by atoms with van der Waals surface area (Å²) in [7, 11) is 0. The summed E-state index contributed by atoms with van der Waals surface area (Å²) in [4.78, 5) is 19.3. The van der Waals surface area contributed by atoms with E-state index in [0.29, 0.717) is 12.1 Å². The maximum Gasteiger partial charge on any atom is 0.253 e. The third-order valence-electron chi connectivity index (χ3n) is 5.34. The van der Waals surface area contributed by atoms with E-state index in [-0.39, 0.29) is 17.9 Å². The van der Waals surface area contributed by atoms with Crippen molar-refractivity contribution in [3.8, 4) is 0 Å². The summed E-state index contributed by atoms with van der Waals surface area (Å²) in [5.74, 6) is 0.0829. The summed E-state index contributed by atoms with van der Waals surface area (Å²) in [6.45, 7) is 3.79. The highest BCUT2D eigenvalue weighted by atomic mass is 16.5. The minimum absolute atomic E-state index is 0.0735. The summed E-state index contributed by atoms with van der Waals surface area (Å²) in [6.07, 6.45) is 4.96. The van der Waals surface area contributed by atoms with Crippen molar-refractivity contribution in [3.05, 3.63) is 30.1 Å². The number of aromatic nitrogens is 2. The largest absolute Gasteiger partial charge is 0.395 e. The van der Waals surface area contributed by atoms with Crippen LogP contribution in [0.25, 0.3) is 11.0 Å². The first-order valence-corrected chi connectivity index (χ1v) is 8.64. The third-order valence-corrected chi connectivity index (χ3v) is 5.34. The van der Waals surface area contributed by atoms with Gasteiger partial charge in [0.1, 0.15) is 0 Å². The number of hydrogen-bond acceptors (Lipinski definition) is 4. The molecule has 1 atom stereocenters. The number of ether oxygens (including phenoxy) is 1. The third kappa shape index (κ3) is 2.70. The number of carbonyl (C=O) groups is 1. The van der Waals surface area contributed by atoms with Crippen molar-refractivity contribution in [2.24, 2.45) is 5.41 Å². The molecule has 3 heterocycles. The zero-order valence-electron chi connectivity index (χ0n) is 13.8. The minimum atomic E-state index is 0.0735. The smallest absolute Gasteiger partial charge is 0.253 e. The molecular weight excluding hydrogens is 306 g/mol. The highest BCUT2D eigenvalue weighted by Crippen LogP contribution is 2.38. The van der Waals surface area contributed by atoms with Crippen molar-refractivity contribution < 1.29 is 14.6 Å². The second kappa shape index (κ2) is 6.18. The van der Waals surface area contributed by atoms with Crippen LogP contribution in [0, 0.1) is 5.41 Å². The maximum absolute atomic E-state index is 12.9. The van der Waals surface area contributed by atoms with Gasteiger partial charge in [0.15, 0.2) is 0 Å². The molecule has 24 heavy (non-hydrogen) atoms. The van der Waals surface area contributed by atoms with E-state index in [1.54, 1.807) is 6.33 Å². The van der Waals surface area contributed by atoms with Gasteiger partial charge in [0, 0.05) is 37.2 Å². The van der Waals surface area contributed by atoms with E-state index in [2.05, 4.69) is 4.98 Å². The molecule has 1 amide bonds. The molecule has 6 nitrogen and oxygen atoms in total. The van der Waals surface area contributed by atoms with Crippen LogP contribution in [-0.4, -0.2) is 58.4 Å². The molecular formula is C18H23N3O3. The Kier molecular flexibility index (Phi) is 4.02. The monoisotopic (exact) mass is 329 g/mol. The number of imidazole rings is 1. The Labute approximate surface area is 141 Å². The lowest BCUT2D eigenvalue weighted by Gasteiger charge is -2.39. The van der Waals surface area contributed by atoms with Gasteiger partial charge in [0.05, 0.1) is 30.6 Å². The fraction of sp³-hybridized carbons (Fsp3) is 0.556. The highest BCUT2D eigenvalue weighted by molar-refractivity contribution is 5.97. The number of hydrogen-bond donors (Lipinski definition) is 1. The average Bonchev–Trinajstić information content (AvgIpc) is 3.22. The number of rotatable bonds is 3. The van der Waals surface area contributed by atoms with Gasteiger partial charge >= 0.3 is 0 Å². The van der Waals surface area contributed by atoms with Crippen molar-refractivity contribution >= 4 is 16.9 Å². The van der Waals surface area contributed by atoms with Crippen LogP contribution in [0.5, 0.6) is 0 Å². The number of likely N-dealkylation sites (tertiary alicyclic amines) is 1. The Morgan fingerprint density at radius 1 is 1.38 bits per heavy atom. The number of amides is 1. The van der Waals surface area contributed by atoms with Gasteiger partial charge in [-0.3, -0.25) is 4.79 Å². The van der Waals surface area contributed by atoms with Gasteiger partial charge in [0.25, 0.3) is 5.91 Å². The van der Waals surface area contributed by atoms with Crippen LogP contribution in [0.3, 0.4) is 0 Å². The van der Waals surface area contributed by atoms with Crippen LogP contribution >= 0.6 is 0 Å². The molecule has 1 unspecified atom stereocenters. The van der Waals surface area contributed by atoms with Crippen LogP contribution in [-0.2, 0) is 11.3 Å². The van der Waals surface area contributed by atoms with E-state index in [1.165, 1.54) is 0 Å². The first kappa shape index (κ1) is 15.6. The molecule has 1 aromatic carbocycles. The summed E-state index contributed by atoms with van der Waals surface area (Å²) in [6, 6.07) is 5.65. The quantitative estimate of drug-likeness (QED) is 0.930. The molecule has 0 radical (unpaired) electrons. The lowest BCUT2D eigenvalue weighted by atomic mass is 9.79. The molecule has 0 saturated carbocycles. The van der Waals surface area contributed by atoms with Crippen molar-refractivity contribution in [2.45, 2.75) is 25.8 Å². The van der Waals surface area contributed by atoms with E-state index in [9.17, 15) is 4.79 Å². The topological polar surface area (TPSA) is 67.6 Å². The van der Waals surface area contributed by atoms with Crippen molar-refractivity contribution in [3.63, 3.8) is 0 Å². The number of benzene rings is 1. The zero-order chi connectivity index (χ0) is 16.6. The Bertz CT molecular complexity index is 749.